The SMILES string of the molecule is CO[As](=O)(O)c1cc(NC(C)=O)ccc1O.O=C(O)c1c[nH]nc1S(=O)(=O)Nc1c(Cl)cccc1Cl. The van der Waals surface area contributed by atoms with E-state index in [9.17, 15) is 30.9 Å². The van der Waals surface area contributed by atoms with Crippen LogP contribution < -0.4 is 14.4 Å². The van der Waals surface area contributed by atoms with Crippen LogP contribution in [-0.4, -0.2) is 66.1 Å². The minimum Gasteiger partial charge on any atom is -0.478 e. The number of H-pyrrole nitrogens is 1. The maximum Gasteiger partial charge on any atom is 0.340 e. The smallest absolute Gasteiger partial charge is 0.340 e. The molecule has 17 heteroatoms. The van der Waals surface area contributed by atoms with Gasteiger partial charge in [-0.05, 0) is 12.1 Å². The Kier molecular flexibility index (Phi) is 9.60. The zero-order chi connectivity index (χ0) is 27.3. The molecule has 1 atom stereocenters. The Labute approximate surface area is 217 Å². The van der Waals surface area contributed by atoms with Crippen LogP contribution in [0.2, 0.25) is 10.0 Å². The standard InChI is InChI=1S/C10H7Cl2N3O4S.C9H12AsNO5/c11-6-2-1-3-7(12)8(6)15-20(18,19)9-5(10(16)17)4-13-14-9;1-6(12)11-7-3-4-9(13)8(5-7)10(14,15)16-2/h1-4,15H,(H,13,14)(H,16,17);3-5,13H,1-2H3,(H,11,12)(H,14,15). The summed E-state index contributed by atoms with van der Waals surface area (Å²) in [5.74, 6) is -2.07. The first kappa shape index (κ1) is 29.2. The van der Waals surface area contributed by atoms with E-state index in [4.69, 9.17) is 28.3 Å². The van der Waals surface area contributed by atoms with E-state index in [1.54, 1.807) is 6.07 Å². The Hall–Kier alpha value is -3.00. The molecule has 0 fully saturated rings. The maximum atomic E-state index is 12.1. The van der Waals surface area contributed by atoms with Crippen molar-refractivity contribution in [2.75, 3.05) is 17.1 Å². The Morgan fingerprint density at radius 1 is 1.17 bits per heavy atom. The first-order valence-electron chi connectivity index (χ1n) is 9.43. The summed E-state index contributed by atoms with van der Waals surface area (Å²) in [5.41, 5.74) is -0.205. The number of aromatic nitrogens is 2. The summed E-state index contributed by atoms with van der Waals surface area (Å²) in [6.45, 7) is 1.31. The molecule has 0 aliphatic heterocycles. The van der Waals surface area contributed by atoms with Crippen LogP contribution >= 0.6 is 23.2 Å². The number of carboxylic acid groups (broad SMARTS) is 1. The number of nitrogens with one attached hydrogen (secondary N) is 3. The normalized spacial score (nSPS) is 12.6. The van der Waals surface area contributed by atoms with Gasteiger partial charge in [0.05, 0.1) is 15.7 Å². The molecule has 0 aliphatic carbocycles. The Bertz CT molecular complexity index is 1430. The van der Waals surface area contributed by atoms with Gasteiger partial charge in [-0.3, -0.25) is 9.82 Å². The average Bonchev–Trinajstić information content (AvgIpc) is 3.29. The topological polar surface area (TPSA) is 208 Å². The summed E-state index contributed by atoms with van der Waals surface area (Å²) < 4.78 is 51.6. The molecule has 0 spiro atoms. The van der Waals surface area contributed by atoms with Crippen LogP contribution in [-0.2, 0) is 22.3 Å². The van der Waals surface area contributed by atoms with E-state index in [1.807, 2.05) is 0 Å². The predicted octanol–water partition coefficient (Wildman–Crippen LogP) is 1.78. The second-order valence-corrected chi connectivity index (χ2v) is 13.1. The molecule has 0 bridgehead atoms. The number of aromatic hydroxyl groups is 1. The van der Waals surface area contributed by atoms with Crippen LogP contribution in [0.3, 0.4) is 0 Å². The first-order valence-corrected chi connectivity index (χ1v) is 15.0. The fourth-order valence-electron chi connectivity index (χ4n) is 2.54. The molecule has 3 aromatic rings. The van der Waals surface area contributed by atoms with Crippen molar-refractivity contribution in [3.8, 4) is 5.75 Å². The second kappa shape index (κ2) is 11.8. The molecule has 13 nitrogen and oxygen atoms in total. The van der Waals surface area contributed by atoms with Gasteiger partial charge in [0.25, 0.3) is 10.0 Å². The molecule has 0 radical (unpaired) electrons. The Morgan fingerprint density at radius 3 is 2.31 bits per heavy atom. The van der Waals surface area contributed by atoms with Crippen molar-refractivity contribution in [3.63, 3.8) is 0 Å². The molecule has 2 aromatic carbocycles. The molecular weight excluding hydrogens is 606 g/mol. The monoisotopic (exact) mass is 624 g/mol. The Balaban J connectivity index is 0.000000261. The predicted molar refractivity (Wildman–Crippen MR) is 131 cm³/mol. The number of carbonyl (C=O) groups excluding carboxylic acids is 1. The van der Waals surface area contributed by atoms with Gasteiger partial charge in [-0.2, -0.15) is 13.5 Å². The van der Waals surface area contributed by atoms with Gasteiger partial charge >= 0.3 is 101 Å². The number of anilines is 2. The van der Waals surface area contributed by atoms with Gasteiger partial charge < -0.3 is 5.11 Å². The van der Waals surface area contributed by atoms with E-state index in [2.05, 4.69) is 24.0 Å². The number of carbonyl (C=O) groups is 2. The molecule has 36 heavy (non-hydrogen) atoms. The number of carboxylic acids is 1. The van der Waals surface area contributed by atoms with Gasteiger partial charge in [0.15, 0.2) is 0 Å². The molecule has 0 saturated heterocycles. The molecule has 1 aromatic heterocycles. The fraction of sp³-hybridized carbons (Fsp3) is 0.105. The van der Waals surface area contributed by atoms with Crippen molar-refractivity contribution in [1.29, 1.82) is 0 Å². The number of hydrogen-bond donors (Lipinski definition) is 6. The summed E-state index contributed by atoms with van der Waals surface area (Å²) in [4.78, 5) is 21.7. The van der Waals surface area contributed by atoms with E-state index in [0.717, 1.165) is 13.3 Å². The number of sulfonamides is 1. The summed E-state index contributed by atoms with van der Waals surface area (Å²) >= 11 is 7.00. The van der Waals surface area contributed by atoms with Crippen molar-refractivity contribution < 1.29 is 39.8 Å². The molecule has 1 amide bonds. The Morgan fingerprint density at radius 2 is 1.78 bits per heavy atom. The first-order chi connectivity index (χ1) is 16.7. The number of benzene rings is 2. The molecule has 0 saturated carbocycles. The van der Waals surface area contributed by atoms with Gasteiger partial charge in [-0.25, -0.2) is 4.79 Å². The number of rotatable bonds is 7. The van der Waals surface area contributed by atoms with Crippen molar-refractivity contribution in [3.05, 3.63) is 58.2 Å². The van der Waals surface area contributed by atoms with E-state index in [1.165, 1.54) is 37.3 Å². The van der Waals surface area contributed by atoms with Gasteiger partial charge in [0, 0.05) is 6.20 Å². The van der Waals surface area contributed by atoms with E-state index < -0.39 is 40.8 Å². The van der Waals surface area contributed by atoms with Gasteiger partial charge in [-0.15, -0.1) is 0 Å². The molecule has 3 rings (SSSR count). The molecule has 6 N–H and O–H groups in total. The number of para-hydroxylation sites is 1. The number of phenolic OH excluding ortho intramolecular Hbond substituents is 1. The zero-order valence-electron chi connectivity index (χ0n) is 18.4. The number of amides is 1. The minimum atomic E-state index is -4.68. The summed E-state index contributed by atoms with van der Waals surface area (Å²) in [5, 5.41) is 25.9. The molecule has 1 unspecified atom stereocenters. The average molecular weight is 625 g/mol. The number of phenols is 1. The van der Waals surface area contributed by atoms with E-state index in [-0.39, 0.29) is 31.7 Å². The van der Waals surface area contributed by atoms with Crippen LogP contribution in [0, 0.1) is 0 Å². The number of hydrogen-bond acceptors (Lipinski definition) is 8. The third-order valence-electron chi connectivity index (χ3n) is 4.14. The van der Waals surface area contributed by atoms with Crippen LogP contribution in [0.5, 0.6) is 5.75 Å². The van der Waals surface area contributed by atoms with Crippen LogP contribution in [0.25, 0.3) is 0 Å². The summed E-state index contributed by atoms with van der Waals surface area (Å²) in [7, 11) is -3.14. The quantitative estimate of drug-likeness (QED) is 0.166. The zero-order valence-corrected chi connectivity index (χ0v) is 22.6. The molecule has 1 heterocycles. The largest absolute Gasteiger partial charge is 0.478 e. The number of aromatic amines is 1. The third-order valence-corrected chi connectivity index (χ3v) is 9.13. The molecule has 194 valence electrons. The number of halogens is 2. The molecular formula is C19H19AsCl2N4O9S. The van der Waals surface area contributed by atoms with Gasteiger partial charge in [0.1, 0.15) is 5.56 Å². The fourth-order valence-corrected chi connectivity index (χ4v) is 6.15. The summed E-state index contributed by atoms with van der Waals surface area (Å²) in [6.07, 6.45) is 0.963. The maximum absolute atomic E-state index is 12.1. The van der Waals surface area contributed by atoms with Gasteiger partial charge in [0.2, 0.25) is 5.03 Å². The molecule has 0 aliphatic rings. The van der Waals surface area contributed by atoms with Crippen LogP contribution in [0.15, 0.2) is 47.6 Å². The van der Waals surface area contributed by atoms with Crippen LogP contribution in [0.1, 0.15) is 17.3 Å². The van der Waals surface area contributed by atoms with Crippen molar-refractivity contribution in [1.82, 2.24) is 10.2 Å². The van der Waals surface area contributed by atoms with Crippen molar-refractivity contribution >= 4 is 75.0 Å². The summed E-state index contributed by atoms with van der Waals surface area (Å²) in [6, 6.07) is 8.29. The van der Waals surface area contributed by atoms with Crippen LogP contribution in [0.4, 0.5) is 11.4 Å². The van der Waals surface area contributed by atoms with E-state index >= 15 is 0 Å². The minimum absolute atomic E-state index is 0.0461. The number of nitrogens with zero attached hydrogens (tertiary/aromatic N) is 1. The van der Waals surface area contributed by atoms with Gasteiger partial charge in [-0.1, -0.05) is 29.3 Å². The number of aromatic carboxylic acids is 1. The van der Waals surface area contributed by atoms with E-state index in [0.29, 0.717) is 5.69 Å². The van der Waals surface area contributed by atoms with Crippen molar-refractivity contribution in [2.24, 2.45) is 0 Å². The second-order valence-electron chi connectivity index (χ2n) is 6.70. The third kappa shape index (κ3) is 7.26. The van der Waals surface area contributed by atoms with Crippen molar-refractivity contribution in [2.45, 2.75) is 11.9 Å².